The van der Waals surface area contributed by atoms with Crippen LogP contribution in [0.4, 0.5) is 0 Å². The van der Waals surface area contributed by atoms with Crippen LogP contribution in [0.3, 0.4) is 0 Å². The number of rotatable bonds is 0. The van der Waals surface area contributed by atoms with E-state index >= 15 is 0 Å². The van der Waals surface area contributed by atoms with Crippen molar-refractivity contribution in [3.05, 3.63) is 62.0 Å². The van der Waals surface area contributed by atoms with Gasteiger partial charge < -0.3 is 20.6 Å². The van der Waals surface area contributed by atoms with Crippen LogP contribution in [0.2, 0.25) is 0 Å². The van der Waals surface area contributed by atoms with Crippen molar-refractivity contribution < 1.29 is 17.0 Å². The van der Waals surface area contributed by atoms with E-state index in [4.69, 9.17) is 24.3 Å². The summed E-state index contributed by atoms with van der Waals surface area (Å²) in [5.41, 5.74) is 9.50. The van der Waals surface area contributed by atoms with E-state index in [1.807, 2.05) is 20.8 Å². The van der Waals surface area contributed by atoms with Crippen LogP contribution in [0.5, 0.6) is 0 Å². The predicted molar refractivity (Wildman–Crippen MR) is 103 cm³/mol. The van der Waals surface area contributed by atoms with Gasteiger partial charge >= 0.3 is 35.6 Å². The molecule has 0 aliphatic heterocycles. The topological polar surface area (TPSA) is 23.8 Å². The van der Waals surface area contributed by atoms with Gasteiger partial charge in [0.05, 0.1) is 0 Å². The zero-order chi connectivity index (χ0) is 15.1. The molecule has 0 amide bonds. The van der Waals surface area contributed by atoms with Crippen molar-refractivity contribution in [2.24, 2.45) is 0 Å². The molecule has 22 heavy (non-hydrogen) atoms. The van der Waals surface area contributed by atoms with Crippen LogP contribution in [-0.2, 0) is 17.0 Å². The molecule has 1 N–H and O–H groups in total. The van der Waals surface area contributed by atoms with E-state index in [9.17, 15) is 0 Å². The summed E-state index contributed by atoms with van der Waals surface area (Å²) in [4.78, 5) is 0. The molecule has 0 atom stereocenters. The molecule has 0 heterocycles. The third-order valence-corrected chi connectivity index (χ3v) is 2.33. The van der Waals surface area contributed by atoms with Crippen LogP contribution < -0.4 is 0 Å². The maximum atomic E-state index is 6.94. The molecule has 1 nitrogen and oxygen atoms in total. The van der Waals surface area contributed by atoms with Gasteiger partial charge in [0.15, 0.2) is 0 Å². The Hall–Kier alpha value is 0.301. The van der Waals surface area contributed by atoms with Gasteiger partial charge in [-0.05, 0) is 0 Å². The second-order valence-corrected chi connectivity index (χ2v) is 7.94. The number of fused-ring (bicyclic) bond motifs is 1. The van der Waals surface area contributed by atoms with Crippen LogP contribution in [-0.4, -0.2) is 16.5 Å². The van der Waals surface area contributed by atoms with E-state index in [2.05, 4.69) is 44.2 Å². The van der Waals surface area contributed by atoms with Crippen LogP contribution in [0.25, 0.3) is 16.5 Å². The fourth-order valence-corrected chi connectivity index (χ4v) is 1.52. The first-order valence-corrected chi connectivity index (χ1v) is 10.3. The van der Waals surface area contributed by atoms with Crippen molar-refractivity contribution in [1.29, 1.82) is 0 Å². The largest absolute Gasteiger partial charge is 0 e. The molecule has 122 valence electrons. The fraction of sp³-hybridized carbons (Fsp3) is 0.353. The van der Waals surface area contributed by atoms with Crippen molar-refractivity contribution in [2.75, 3.05) is 0 Å². The van der Waals surface area contributed by atoms with E-state index in [-0.39, 0.29) is 31.4 Å². The average Bonchev–Trinajstić information content (AvgIpc) is 2.54. The molecule has 4 radical (unpaired) electrons. The smallest absolute Gasteiger partial charge is 0 e. The molecule has 0 saturated carbocycles. The first-order chi connectivity index (χ1) is 8.70. The predicted octanol–water partition coefficient (Wildman–Crippen LogP) is 6.91. The molecular weight excluding hydrogens is 365 g/mol. The Labute approximate surface area is 159 Å². The standard InChI is InChI=1S/C11H11.C4H10N.2CH3.2ClH.Si.Ti/c1-8-7-10-5-3-4-6-11(10)9(8)2;1-4(2,3)5;;;;;;/h3-7H,1-2H3;5H,1-3H3;2*1H3;2*1H;;/q4*-1;;;;+6/p-2. The SMILES string of the molecule is CC(C)(C)[NH-].Cc1[cH-]c2ccccc2c1C.[CH3-].[CH3-].[Cl][Ti+4][Cl].[Si]. The fourth-order valence-electron chi connectivity index (χ4n) is 1.52. The minimum Gasteiger partial charge on any atom is 0 e. The Morgan fingerprint density at radius 1 is 1.05 bits per heavy atom. The Morgan fingerprint density at radius 2 is 1.41 bits per heavy atom. The average molecular weight is 392 g/mol. The third-order valence-electron chi connectivity index (χ3n) is 2.33. The molecule has 5 heteroatoms. The van der Waals surface area contributed by atoms with Gasteiger partial charge in [0.1, 0.15) is 0 Å². The maximum Gasteiger partial charge on any atom is 0 e. The Kier molecular flexibility index (Phi) is 20.4. The molecular formula is C17H27Cl2NSiTi. The number of aryl methyl sites for hydroxylation is 2. The van der Waals surface area contributed by atoms with Crippen molar-refractivity contribution in [1.82, 2.24) is 0 Å². The summed E-state index contributed by atoms with van der Waals surface area (Å²) < 4.78 is 0. The first-order valence-electron chi connectivity index (χ1n) is 6.03. The van der Waals surface area contributed by atoms with Crippen molar-refractivity contribution in [2.45, 2.75) is 40.2 Å². The number of hydrogen-bond acceptors (Lipinski definition) is 0. The van der Waals surface area contributed by atoms with E-state index in [1.165, 1.54) is 21.9 Å². The second kappa shape index (κ2) is 14.9. The molecule has 0 unspecified atom stereocenters. The maximum absolute atomic E-state index is 6.94. The molecule has 0 spiro atoms. The molecule has 0 aliphatic carbocycles. The van der Waals surface area contributed by atoms with Gasteiger partial charge in [-0.1, -0.05) is 40.7 Å². The Balaban J connectivity index is -0.000000129. The summed E-state index contributed by atoms with van der Waals surface area (Å²) in [6.45, 7) is 9.90. The summed E-state index contributed by atoms with van der Waals surface area (Å²) in [7, 11) is 9.78. The third kappa shape index (κ3) is 13.9. The molecule has 0 saturated heterocycles. The molecule has 0 aromatic heterocycles. The monoisotopic (exact) mass is 391 g/mol. The minimum absolute atomic E-state index is 0. The first kappa shape index (κ1) is 30.2. The molecule has 2 aromatic rings. The van der Waals surface area contributed by atoms with Crippen LogP contribution in [0, 0.1) is 28.7 Å². The summed E-state index contributed by atoms with van der Waals surface area (Å²) in [5.74, 6) is 0. The van der Waals surface area contributed by atoms with Crippen LogP contribution >= 0.6 is 18.6 Å². The van der Waals surface area contributed by atoms with Gasteiger partial charge in [-0.2, -0.15) is 5.56 Å². The second-order valence-electron chi connectivity index (χ2n) is 5.36. The van der Waals surface area contributed by atoms with E-state index in [0.29, 0.717) is 0 Å². The van der Waals surface area contributed by atoms with E-state index in [0.717, 1.165) is 0 Å². The quantitative estimate of drug-likeness (QED) is 0.344. The van der Waals surface area contributed by atoms with Crippen LogP contribution in [0.1, 0.15) is 31.9 Å². The number of nitrogens with one attached hydrogen (secondary N) is 1. The molecule has 0 fully saturated rings. The van der Waals surface area contributed by atoms with Crippen molar-refractivity contribution in [3.63, 3.8) is 0 Å². The van der Waals surface area contributed by atoms with Gasteiger partial charge in [-0.3, -0.25) is 0 Å². The minimum atomic E-state index is -0.556. The Morgan fingerprint density at radius 3 is 1.77 bits per heavy atom. The summed E-state index contributed by atoms with van der Waals surface area (Å²) >= 11 is -0.556. The number of benzene rings is 1. The van der Waals surface area contributed by atoms with Gasteiger partial charge in [0.2, 0.25) is 0 Å². The van der Waals surface area contributed by atoms with Crippen LogP contribution in [0.15, 0.2) is 30.3 Å². The van der Waals surface area contributed by atoms with Gasteiger partial charge in [-0.25, -0.2) is 0 Å². The zero-order valence-corrected chi connectivity index (χ0v) is 18.7. The number of halogens is 2. The number of hydrogen-bond donors (Lipinski definition) is 0. The summed E-state index contributed by atoms with van der Waals surface area (Å²) in [5, 5.41) is 2.76. The molecule has 0 aliphatic rings. The summed E-state index contributed by atoms with van der Waals surface area (Å²) in [6.07, 6.45) is 0. The van der Waals surface area contributed by atoms with Crippen molar-refractivity contribution >= 4 is 40.3 Å². The van der Waals surface area contributed by atoms with Gasteiger partial charge in [0, 0.05) is 11.0 Å². The van der Waals surface area contributed by atoms with E-state index < -0.39 is 17.0 Å². The van der Waals surface area contributed by atoms with Gasteiger partial charge in [-0.15, -0.1) is 46.1 Å². The summed E-state index contributed by atoms with van der Waals surface area (Å²) in [6, 6.07) is 10.8. The van der Waals surface area contributed by atoms with Gasteiger partial charge in [0.25, 0.3) is 0 Å². The molecule has 0 bridgehead atoms. The zero-order valence-electron chi connectivity index (χ0n) is 14.6. The Bertz CT molecular complexity index is 487. The van der Waals surface area contributed by atoms with E-state index in [1.54, 1.807) is 0 Å². The van der Waals surface area contributed by atoms with Crippen molar-refractivity contribution in [3.8, 4) is 0 Å². The molecule has 2 rings (SSSR count). The molecule has 2 aromatic carbocycles. The normalized spacial score (nSPS) is 9.09.